The third kappa shape index (κ3) is 2.62. The third-order valence-corrected chi connectivity index (χ3v) is 3.15. The van der Waals surface area contributed by atoms with Gasteiger partial charge >= 0.3 is 0 Å². The minimum Gasteiger partial charge on any atom is -0.326 e. The number of aryl methyl sites for hydroxylation is 1. The molecule has 1 aliphatic rings. The number of hydrogen-bond donors (Lipinski definition) is 2. The maximum absolute atomic E-state index is 11.2. The number of rotatable bonds is 3. The number of pyridine rings is 1. The summed E-state index contributed by atoms with van der Waals surface area (Å²) in [5, 5.41) is 3.43. The quantitative estimate of drug-likeness (QED) is 0.893. The monoisotopic (exact) mass is 282 g/mol. The topological polar surface area (TPSA) is 44.9 Å². The van der Waals surface area contributed by atoms with Crippen molar-refractivity contribution < 1.29 is 0 Å². The molecule has 0 radical (unpaired) electrons. The first kappa shape index (κ1) is 11.6. The van der Waals surface area contributed by atoms with Crippen LogP contribution in [0.25, 0.3) is 0 Å². The Hall–Kier alpha value is -0.870. The van der Waals surface area contributed by atoms with Crippen LogP contribution in [-0.2, 0) is 6.42 Å². The molecular weight excluding hydrogens is 268 g/mol. The molecule has 3 nitrogen and oxygen atoms in total. The van der Waals surface area contributed by atoms with Crippen LogP contribution in [0.5, 0.6) is 0 Å². The average Bonchev–Trinajstić information content (AvgIpc) is 2.25. The molecule has 0 saturated carbocycles. The molecule has 1 aromatic heterocycles. The molecular formula is C12H15BrN2O. The Labute approximate surface area is 103 Å². The van der Waals surface area contributed by atoms with Crippen molar-refractivity contribution in [3.63, 3.8) is 0 Å². The third-order valence-electron chi connectivity index (χ3n) is 2.87. The lowest BCUT2D eigenvalue weighted by atomic mass is 9.91. The summed E-state index contributed by atoms with van der Waals surface area (Å²) in [4.78, 5) is 14.1. The number of nitrogens with one attached hydrogen (secondary N) is 2. The van der Waals surface area contributed by atoms with Crippen molar-refractivity contribution in [3.8, 4) is 0 Å². The van der Waals surface area contributed by atoms with Crippen LogP contribution in [0.3, 0.4) is 0 Å². The first-order valence-electron chi connectivity index (χ1n) is 5.45. The van der Waals surface area contributed by atoms with Crippen molar-refractivity contribution in [1.29, 1.82) is 0 Å². The van der Waals surface area contributed by atoms with Gasteiger partial charge in [-0.2, -0.15) is 0 Å². The molecule has 0 saturated heterocycles. The molecule has 1 aliphatic carbocycles. The summed E-state index contributed by atoms with van der Waals surface area (Å²) < 4.78 is 0.948. The van der Waals surface area contributed by atoms with Crippen LogP contribution in [0.1, 0.15) is 30.1 Å². The minimum atomic E-state index is -0.00991. The first-order valence-corrected chi connectivity index (χ1v) is 6.25. The second kappa shape index (κ2) is 4.97. The lowest BCUT2D eigenvalue weighted by Gasteiger charge is -2.25. The number of aromatic nitrogens is 1. The highest BCUT2D eigenvalue weighted by atomic mass is 79.9. The second-order valence-electron chi connectivity index (χ2n) is 4.10. The first-order chi connectivity index (χ1) is 7.66. The highest BCUT2D eigenvalue weighted by molar-refractivity contribution is 9.11. The minimum absolute atomic E-state index is 0.00991. The molecule has 16 heavy (non-hydrogen) atoms. The predicted molar refractivity (Wildman–Crippen MR) is 68.8 cm³/mol. The van der Waals surface area contributed by atoms with E-state index in [-0.39, 0.29) is 5.56 Å². The zero-order valence-electron chi connectivity index (χ0n) is 9.05. The Balaban J connectivity index is 2.19. The molecule has 4 heteroatoms. The van der Waals surface area contributed by atoms with Gasteiger partial charge in [0.05, 0.1) is 0 Å². The summed E-state index contributed by atoms with van der Waals surface area (Å²) in [5.74, 6) is 0. The molecule has 2 N–H and O–H groups in total. The molecule has 2 rings (SSSR count). The Morgan fingerprint density at radius 3 is 3.19 bits per heavy atom. The number of hydrogen-bond acceptors (Lipinski definition) is 2. The van der Waals surface area contributed by atoms with Gasteiger partial charge < -0.3 is 10.3 Å². The van der Waals surface area contributed by atoms with E-state index in [4.69, 9.17) is 0 Å². The van der Waals surface area contributed by atoms with Crippen LogP contribution < -0.4 is 10.9 Å². The van der Waals surface area contributed by atoms with Crippen LogP contribution in [-0.4, -0.2) is 11.5 Å². The van der Waals surface area contributed by atoms with Crippen LogP contribution in [0, 0.1) is 0 Å². The summed E-state index contributed by atoms with van der Waals surface area (Å²) in [7, 11) is 0. The molecule has 0 aromatic carbocycles. The fourth-order valence-corrected chi connectivity index (χ4v) is 2.31. The fraction of sp³-hybridized carbons (Fsp3) is 0.417. The maximum Gasteiger partial charge on any atom is 0.248 e. The summed E-state index contributed by atoms with van der Waals surface area (Å²) in [6.07, 6.45) is 3.19. The molecule has 0 spiro atoms. The van der Waals surface area contributed by atoms with Gasteiger partial charge in [-0.25, -0.2) is 0 Å². The molecule has 1 atom stereocenters. The van der Waals surface area contributed by atoms with E-state index in [9.17, 15) is 4.79 Å². The van der Waals surface area contributed by atoms with Gasteiger partial charge in [0, 0.05) is 28.8 Å². The molecule has 1 heterocycles. The maximum atomic E-state index is 11.2. The molecule has 1 aromatic rings. The van der Waals surface area contributed by atoms with Crippen molar-refractivity contribution >= 4 is 15.9 Å². The van der Waals surface area contributed by atoms with Gasteiger partial charge in [0.15, 0.2) is 0 Å². The smallest absolute Gasteiger partial charge is 0.248 e. The van der Waals surface area contributed by atoms with Gasteiger partial charge in [0.2, 0.25) is 5.56 Å². The number of H-pyrrole nitrogens is 1. The van der Waals surface area contributed by atoms with E-state index in [2.05, 4.69) is 32.8 Å². The highest BCUT2D eigenvalue weighted by Crippen LogP contribution is 2.27. The molecule has 0 bridgehead atoms. The summed E-state index contributed by atoms with van der Waals surface area (Å²) in [5.41, 5.74) is 2.29. The van der Waals surface area contributed by atoms with E-state index in [0.717, 1.165) is 36.0 Å². The van der Waals surface area contributed by atoms with Gasteiger partial charge in [-0.1, -0.05) is 28.6 Å². The van der Waals surface area contributed by atoms with Crippen molar-refractivity contribution in [2.24, 2.45) is 0 Å². The van der Waals surface area contributed by atoms with E-state index in [1.807, 2.05) is 6.07 Å². The zero-order valence-corrected chi connectivity index (χ0v) is 10.6. The van der Waals surface area contributed by atoms with Gasteiger partial charge in [0.1, 0.15) is 0 Å². The fourth-order valence-electron chi connectivity index (χ4n) is 2.15. The van der Waals surface area contributed by atoms with Crippen LogP contribution in [0.15, 0.2) is 28.0 Å². The van der Waals surface area contributed by atoms with Crippen LogP contribution in [0.4, 0.5) is 0 Å². The average molecular weight is 283 g/mol. The van der Waals surface area contributed by atoms with E-state index in [1.165, 1.54) is 5.56 Å². The molecule has 0 aliphatic heterocycles. The van der Waals surface area contributed by atoms with Crippen molar-refractivity contribution in [2.75, 3.05) is 6.54 Å². The van der Waals surface area contributed by atoms with Crippen LogP contribution in [0.2, 0.25) is 0 Å². The standard InChI is InChI=1S/C12H15BrN2O/c1-8(13)7-14-10-3-2-4-11-9(10)5-6-12(16)15-11/h5-6,10,14H,1-4,7H2,(H,15,16). The summed E-state index contributed by atoms with van der Waals surface area (Å²) in [6.45, 7) is 4.56. The van der Waals surface area contributed by atoms with Gasteiger partial charge in [-0.05, 0) is 24.8 Å². The Morgan fingerprint density at radius 1 is 1.62 bits per heavy atom. The summed E-state index contributed by atoms with van der Waals surface area (Å²) in [6, 6.07) is 3.86. The molecule has 0 amide bonds. The van der Waals surface area contributed by atoms with E-state index in [0.29, 0.717) is 6.04 Å². The van der Waals surface area contributed by atoms with Crippen molar-refractivity contribution in [1.82, 2.24) is 10.3 Å². The number of fused-ring (bicyclic) bond motifs is 1. The molecule has 86 valence electrons. The van der Waals surface area contributed by atoms with Crippen molar-refractivity contribution in [3.05, 3.63) is 44.8 Å². The van der Waals surface area contributed by atoms with E-state index < -0.39 is 0 Å². The lowest BCUT2D eigenvalue weighted by Crippen LogP contribution is -2.28. The largest absolute Gasteiger partial charge is 0.326 e. The zero-order chi connectivity index (χ0) is 11.5. The van der Waals surface area contributed by atoms with Crippen LogP contribution >= 0.6 is 15.9 Å². The highest BCUT2D eigenvalue weighted by Gasteiger charge is 2.19. The Bertz CT molecular complexity index is 453. The molecule has 0 fully saturated rings. The second-order valence-corrected chi connectivity index (χ2v) is 5.22. The Morgan fingerprint density at radius 2 is 2.44 bits per heavy atom. The molecule has 1 unspecified atom stereocenters. The predicted octanol–water partition coefficient (Wildman–Crippen LogP) is 2.25. The normalized spacial score (nSPS) is 19.2. The Kier molecular flexibility index (Phi) is 3.61. The van der Waals surface area contributed by atoms with E-state index >= 15 is 0 Å². The van der Waals surface area contributed by atoms with Gasteiger partial charge in [-0.15, -0.1) is 0 Å². The number of halogens is 1. The lowest BCUT2D eigenvalue weighted by molar-refractivity contribution is 0.473. The van der Waals surface area contributed by atoms with Gasteiger partial charge in [-0.3, -0.25) is 4.79 Å². The number of aromatic amines is 1. The SMILES string of the molecule is C=C(Br)CNC1CCCc2[nH]c(=O)ccc21. The van der Waals surface area contributed by atoms with Gasteiger partial charge in [0.25, 0.3) is 0 Å². The summed E-state index contributed by atoms with van der Waals surface area (Å²) >= 11 is 3.34. The van der Waals surface area contributed by atoms with E-state index in [1.54, 1.807) is 6.07 Å². The van der Waals surface area contributed by atoms with Crippen molar-refractivity contribution in [2.45, 2.75) is 25.3 Å².